The number of thioether (sulfide) groups is 1. The Labute approximate surface area is 162 Å². The highest BCUT2D eigenvalue weighted by Gasteiger charge is 2.10. The SMILES string of the molecule is COc1ccc(SCCCC(=O)Nc2nc3c(C)cc(C)cc3s2)cc1. The molecule has 1 heterocycles. The van der Waals surface area contributed by atoms with Crippen molar-refractivity contribution in [2.24, 2.45) is 0 Å². The van der Waals surface area contributed by atoms with E-state index in [1.54, 1.807) is 18.9 Å². The summed E-state index contributed by atoms with van der Waals surface area (Å²) >= 11 is 3.28. The fraction of sp³-hybridized carbons (Fsp3) is 0.300. The fourth-order valence-electron chi connectivity index (χ4n) is 2.70. The number of benzene rings is 2. The number of ether oxygens (including phenoxy) is 1. The van der Waals surface area contributed by atoms with Crippen LogP contribution < -0.4 is 10.1 Å². The molecule has 2 aromatic carbocycles. The van der Waals surface area contributed by atoms with E-state index >= 15 is 0 Å². The summed E-state index contributed by atoms with van der Waals surface area (Å²) in [7, 11) is 1.66. The first-order valence-electron chi connectivity index (χ1n) is 8.49. The minimum Gasteiger partial charge on any atom is -0.497 e. The van der Waals surface area contributed by atoms with Crippen LogP contribution in [0.25, 0.3) is 10.2 Å². The number of anilines is 1. The van der Waals surface area contributed by atoms with Gasteiger partial charge in [-0.2, -0.15) is 0 Å². The number of carbonyl (C=O) groups excluding carboxylic acids is 1. The molecule has 0 unspecified atom stereocenters. The van der Waals surface area contributed by atoms with Gasteiger partial charge in [0.2, 0.25) is 5.91 Å². The molecule has 0 atom stereocenters. The zero-order valence-electron chi connectivity index (χ0n) is 15.2. The molecule has 26 heavy (non-hydrogen) atoms. The molecule has 4 nitrogen and oxygen atoms in total. The number of aromatic nitrogens is 1. The number of nitrogens with zero attached hydrogens (tertiary/aromatic N) is 1. The van der Waals surface area contributed by atoms with Gasteiger partial charge in [-0.25, -0.2) is 4.98 Å². The first kappa shape index (κ1) is 18.7. The summed E-state index contributed by atoms with van der Waals surface area (Å²) in [5, 5.41) is 3.62. The largest absolute Gasteiger partial charge is 0.497 e. The first-order valence-corrected chi connectivity index (χ1v) is 10.3. The van der Waals surface area contributed by atoms with Gasteiger partial charge < -0.3 is 10.1 Å². The van der Waals surface area contributed by atoms with Crippen molar-refractivity contribution < 1.29 is 9.53 Å². The minimum absolute atomic E-state index is 0.0220. The van der Waals surface area contributed by atoms with Crippen LogP contribution in [0.1, 0.15) is 24.0 Å². The zero-order chi connectivity index (χ0) is 18.5. The molecule has 1 N–H and O–H groups in total. The van der Waals surface area contributed by atoms with Crippen molar-refractivity contribution in [1.82, 2.24) is 4.98 Å². The molecular weight excluding hydrogens is 364 g/mol. The minimum atomic E-state index is 0.0220. The third-order valence-corrected chi connectivity index (χ3v) is 5.97. The lowest BCUT2D eigenvalue weighted by molar-refractivity contribution is -0.116. The Bertz CT molecular complexity index is 904. The summed E-state index contributed by atoms with van der Waals surface area (Å²) in [6.07, 6.45) is 1.32. The third-order valence-electron chi connectivity index (χ3n) is 3.95. The molecule has 0 saturated carbocycles. The Morgan fingerprint density at radius 2 is 2.00 bits per heavy atom. The van der Waals surface area contributed by atoms with E-state index in [0.717, 1.165) is 33.7 Å². The standard InChI is InChI=1S/C20H22N2O2S2/c1-13-11-14(2)19-17(12-13)26-20(22-19)21-18(23)5-4-10-25-16-8-6-15(24-3)7-9-16/h6-9,11-12H,4-5,10H2,1-3H3,(H,21,22,23). The number of hydrogen-bond acceptors (Lipinski definition) is 5. The highest BCUT2D eigenvalue weighted by molar-refractivity contribution is 7.99. The summed E-state index contributed by atoms with van der Waals surface area (Å²) < 4.78 is 6.27. The quantitative estimate of drug-likeness (QED) is 0.434. The second-order valence-corrected chi connectivity index (χ2v) is 8.32. The second kappa shape index (κ2) is 8.56. The fourth-order valence-corrected chi connectivity index (χ4v) is 4.61. The van der Waals surface area contributed by atoms with Gasteiger partial charge in [-0.3, -0.25) is 4.79 Å². The molecule has 1 amide bonds. The molecule has 0 radical (unpaired) electrons. The van der Waals surface area contributed by atoms with Crippen molar-refractivity contribution in [3.05, 3.63) is 47.5 Å². The number of rotatable bonds is 7. The number of aryl methyl sites for hydroxylation is 2. The van der Waals surface area contributed by atoms with Crippen molar-refractivity contribution in [2.75, 3.05) is 18.2 Å². The number of hydrogen-bond donors (Lipinski definition) is 1. The number of fused-ring (bicyclic) bond motifs is 1. The monoisotopic (exact) mass is 386 g/mol. The summed E-state index contributed by atoms with van der Waals surface area (Å²) in [5.41, 5.74) is 3.34. The summed E-state index contributed by atoms with van der Waals surface area (Å²) in [5.74, 6) is 1.78. The lowest BCUT2D eigenvalue weighted by Crippen LogP contribution is -2.11. The van der Waals surface area contributed by atoms with E-state index in [0.29, 0.717) is 11.6 Å². The summed E-state index contributed by atoms with van der Waals surface area (Å²) in [6.45, 7) is 4.13. The van der Waals surface area contributed by atoms with E-state index in [2.05, 4.69) is 36.3 Å². The molecule has 0 aliphatic heterocycles. The summed E-state index contributed by atoms with van der Waals surface area (Å²) in [6, 6.07) is 12.2. The lowest BCUT2D eigenvalue weighted by Gasteiger charge is -2.04. The Hall–Kier alpha value is -2.05. The van der Waals surface area contributed by atoms with E-state index in [4.69, 9.17) is 4.74 Å². The Morgan fingerprint density at radius 3 is 2.73 bits per heavy atom. The van der Waals surface area contributed by atoms with Gasteiger partial charge in [0.05, 0.1) is 17.3 Å². The van der Waals surface area contributed by atoms with Crippen LogP contribution in [0.3, 0.4) is 0 Å². The molecule has 0 fully saturated rings. The molecular formula is C20H22N2O2S2. The van der Waals surface area contributed by atoms with E-state index in [9.17, 15) is 4.79 Å². The van der Waals surface area contributed by atoms with Crippen molar-refractivity contribution in [1.29, 1.82) is 0 Å². The van der Waals surface area contributed by atoms with E-state index in [1.807, 2.05) is 24.3 Å². The number of methoxy groups -OCH3 is 1. The van der Waals surface area contributed by atoms with Crippen LogP contribution in [0.15, 0.2) is 41.3 Å². The Kier molecular flexibility index (Phi) is 6.16. The molecule has 1 aromatic heterocycles. The zero-order valence-corrected chi connectivity index (χ0v) is 16.8. The predicted octanol–water partition coefficient (Wildman–Crippen LogP) is 5.43. The average Bonchev–Trinajstić information content (AvgIpc) is 3.02. The van der Waals surface area contributed by atoms with Gasteiger partial charge in [-0.1, -0.05) is 17.4 Å². The number of amides is 1. The Balaban J connectivity index is 1.47. The molecule has 0 bridgehead atoms. The van der Waals surface area contributed by atoms with Crippen LogP contribution >= 0.6 is 23.1 Å². The van der Waals surface area contributed by atoms with Crippen LogP contribution in [0.4, 0.5) is 5.13 Å². The van der Waals surface area contributed by atoms with Crippen molar-refractivity contribution in [3.8, 4) is 5.75 Å². The molecule has 136 valence electrons. The highest BCUT2D eigenvalue weighted by atomic mass is 32.2. The molecule has 3 aromatic rings. The van der Waals surface area contributed by atoms with Gasteiger partial charge in [0, 0.05) is 11.3 Å². The van der Waals surface area contributed by atoms with E-state index < -0.39 is 0 Å². The number of thiazole rings is 1. The highest BCUT2D eigenvalue weighted by Crippen LogP contribution is 2.29. The van der Waals surface area contributed by atoms with Gasteiger partial charge in [-0.15, -0.1) is 11.8 Å². The maximum Gasteiger partial charge on any atom is 0.226 e. The van der Waals surface area contributed by atoms with Crippen molar-refractivity contribution in [2.45, 2.75) is 31.6 Å². The topological polar surface area (TPSA) is 51.2 Å². The molecule has 6 heteroatoms. The van der Waals surface area contributed by atoms with Crippen LogP contribution in [-0.2, 0) is 4.79 Å². The van der Waals surface area contributed by atoms with E-state index in [1.165, 1.54) is 21.8 Å². The van der Waals surface area contributed by atoms with Gasteiger partial charge in [0.25, 0.3) is 0 Å². The van der Waals surface area contributed by atoms with Gasteiger partial charge in [0.15, 0.2) is 5.13 Å². The van der Waals surface area contributed by atoms with Crippen LogP contribution in [0.5, 0.6) is 5.75 Å². The van der Waals surface area contributed by atoms with Crippen LogP contribution in [0, 0.1) is 13.8 Å². The average molecular weight is 387 g/mol. The maximum atomic E-state index is 12.2. The smallest absolute Gasteiger partial charge is 0.226 e. The molecule has 3 rings (SSSR count). The van der Waals surface area contributed by atoms with Gasteiger partial charge in [0.1, 0.15) is 5.75 Å². The molecule has 0 aliphatic rings. The van der Waals surface area contributed by atoms with E-state index in [-0.39, 0.29) is 5.91 Å². The normalized spacial score (nSPS) is 10.9. The maximum absolute atomic E-state index is 12.2. The third kappa shape index (κ3) is 4.77. The predicted molar refractivity (Wildman–Crippen MR) is 111 cm³/mol. The number of nitrogens with one attached hydrogen (secondary N) is 1. The first-order chi connectivity index (χ1) is 12.5. The second-order valence-electron chi connectivity index (χ2n) is 6.12. The molecule has 0 saturated heterocycles. The Morgan fingerprint density at radius 1 is 1.23 bits per heavy atom. The van der Waals surface area contributed by atoms with Crippen molar-refractivity contribution in [3.63, 3.8) is 0 Å². The summed E-state index contributed by atoms with van der Waals surface area (Å²) in [4.78, 5) is 17.9. The number of carbonyl (C=O) groups is 1. The molecule has 0 aliphatic carbocycles. The van der Waals surface area contributed by atoms with Gasteiger partial charge in [-0.05, 0) is 67.5 Å². The van der Waals surface area contributed by atoms with Gasteiger partial charge >= 0.3 is 0 Å². The molecule has 0 spiro atoms. The van der Waals surface area contributed by atoms with Crippen LogP contribution in [-0.4, -0.2) is 23.8 Å². The van der Waals surface area contributed by atoms with Crippen molar-refractivity contribution >= 4 is 44.4 Å². The lowest BCUT2D eigenvalue weighted by atomic mass is 10.1. The van der Waals surface area contributed by atoms with Crippen LogP contribution in [0.2, 0.25) is 0 Å².